The first kappa shape index (κ1) is 20.6. The summed E-state index contributed by atoms with van der Waals surface area (Å²) in [6, 6.07) is 16.5. The van der Waals surface area contributed by atoms with E-state index in [4.69, 9.17) is 5.11 Å². The highest BCUT2D eigenvalue weighted by atomic mass is 16.4. The molecule has 2 aromatic rings. The van der Waals surface area contributed by atoms with Crippen LogP contribution in [0.4, 0.5) is 5.69 Å². The number of piperidine rings is 1. The predicted octanol–water partition coefficient (Wildman–Crippen LogP) is 3.44. The number of nitrogens with zero attached hydrogens (tertiary/aromatic N) is 1. The summed E-state index contributed by atoms with van der Waals surface area (Å²) in [4.78, 5) is 37.8. The standard InChI is InChI=1S/C23H26N2O4/c1-16(23(28)29)15-17-7-9-20(10-8-17)24-21(26)18-11-13-25(14-12-18)22(27)19-5-3-2-4-6-19/h2-10,16,18H,11-15H2,1H3,(H,24,26)(H,28,29). The van der Waals surface area contributed by atoms with Crippen molar-refractivity contribution in [1.29, 1.82) is 0 Å². The van der Waals surface area contributed by atoms with E-state index >= 15 is 0 Å². The zero-order chi connectivity index (χ0) is 20.8. The fourth-order valence-electron chi connectivity index (χ4n) is 3.52. The second-order valence-corrected chi connectivity index (χ2v) is 7.56. The second kappa shape index (κ2) is 9.37. The first-order valence-electron chi connectivity index (χ1n) is 9.91. The van der Waals surface area contributed by atoms with Crippen molar-refractivity contribution >= 4 is 23.5 Å². The first-order chi connectivity index (χ1) is 13.9. The number of nitrogens with one attached hydrogen (secondary N) is 1. The average Bonchev–Trinajstić information content (AvgIpc) is 2.75. The van der Waals surface area contributed by atoms with Crippen LogP contribution in [-0.4, -0.2) is 40.9 Å². The number of carboxylic acid groups (broad SMARTS) is 1. The van der Waals surface area contributed by atoms with Crippen molar-refractivity contribution in [3.63, 3.8) is 0 Å². The second-order valence-electron chi connectivity index (χ2n) is 7.56. The Morgan fingerprint density at radius 1 is 1.03 bits per heavy atom. The van der Waals surface area contributed by atoms with Crippen molar-refractivity contribution in [1.82, 2.24) is 4.90 Å². The van der Waals surface area contributed by atoms with E-state index in [0.717, 1.165) is 5.56 Å². The Morgan fingerprint density at radius 3 is 2.24 bits per heavy atom. The molecule has 0 radical (unpaired) electrons. The molecule has 1 aliphatic rings. The molecule has 2 amide bonds. The van der Waals surface area contributed by atoms with Gasteiger partial charge in [-0.3, -0.25) is 14.4 Å². The molecule has 1 aliphatic heterocycles. The topological polar surface area (TPSA) is 86.7 Å². The number of hydrogen-bond donors (Lipinski definition) is 2. The quantitative estimate of drug-likeness (QED) is 0.786. The molecule has 2 aromatic carbocycles. The van der Waals surface area contributed by atoms with Gasteiger partial charge in [-0.15, -0.1) is 0 Å². The van der Waals surface area contributed by atoms with Gasteiger partial charge in [-0.2, -0.15) is 0 Å². The third-order valence-corrected chi connectivity index (χ3v) is 5.36. The predicted molar refractivity (Wildman–Crippen MR) is 111 cm³/mol. The van der Waals surface area contributed by atoms with Crippen LogP contribution >= 0.6 is 0 Å². The molecular formula is C23H26N2O4. The lowest BCUT2D eigenvalue weighted by atomic mass is 9.95. The van der Waals surface area contributed by atoms with E-state index in [-0.39, 0.29) is 17.7 Å². The van der Waals surface area contributed by atoms with E-state index in [1.807, 2.05) is 42.5 Å². The number of carbonyl (C=O) groups excluding carboxylic acids is 2. The van der Waals surface area contributed by atoms with Crippen LogP contribution in [0.15, 0.2) is 54.6 Å². The molecule has 6 heteroatoms. The molecule has 1 fully saturated rings. The Labute approximate surface area is 170 Å². The fourth-order valence-corrected chi connectivity index (χ4v) is 3.52. The normalized spacial score (nSPS) is 15.6. The molecule has 1 unspecified atom stereocenters. The molecule has 1 saturated heterocycles. The molecule has 152 valence electrons. The number of anilines is 1. The van der Waals surface area contributed by atoms with Gasteiger partial charge in [0.15, 0.2) is 0 Å². The van der Waals surface area contributed by atoms with Crippen LogP contribution in [0.5, 0.6) is 0 Å². The fraction of sp³-hybridized carbons (Fsp3) is 0.348. The molecule has 6 nitrogen and oxygen atoms in total. The molecule has 0 bridgehead atoms. The third kappa shape index (κ3) is 5.44. The molecule has 2 N–H and O–H groups in total. The summed E-state index contributed by atoms with van der Waals surface area (Å²) in [6.07, 6.45) is 1.73. The van der Waals surface area contributed by atoms with Crippen LogP contribution in [0.2, 0.25) is 0 Å². The van der Waals surface area contributed by atoms with E-state index < -0.39 is 11.9 Å². The molecular weight excluding hydrogens is 368 g/mol. The van der Waals surface area contributed by atoms with E-state index in [2.05, 4.69) is 5.32 Å². The lowest BCUT2D eigenvalue weighted by Gasteiger charge is -2.31. The van der Waals surface area contributed by atoms with Gasteiger partial charge in [0.2, 0.25) is 5.91 Å². The number of aliphatic carboxylic acids is 1. The van der Waals surface area contributed by atoms with Crippen LogP contribution in [0, 0.1) is 11.8 Å². The summed E-state index contributed by atoms with van der Waals surface area (Å²) in [5.74, 6) is -1.42. The van der Waals surface area contributed by atoms with E-state index in [1.165, 1.54) is 0 Å². The summed E-state index contributed by atoms with van der Waals surface area (Å²) in [7, 11) is 0. The number of carboxylic acids is 1. The number of benzene rings is 2. The van der Waals surface area contributed by atoms with Crippen LogP contribution in [0.25, 0.3) is 0 Å². The van der Waals surface area contributed by atoms with E-state index in [9.17, 15) is 14.4 Å². The maximum Gasteiger partial charge on any atom is 0.306 e. The number of likely N-dealkylation sites (tertiary alicyclic amines) is 1. The number of hydrogen-bond acceptors (Lipinski definition) is 3. The number of carbonyl (C=O) groups is 3. The van der Waals surface area contributed by atoms with Gasteiger partial charge >= 0.3 is 5.97 Å². The molecule has 1 atom stereocenters. The minimum Gasteiger partial charge on any atom is -0.481 e. The van der Waals surface area contributed by atoms with Crippen molar-refractivity contribution in [2.24, 2.45) is 11.8 Å². The molecule has 0 aliphatic carbocycles. The van der Waals surface area contributed by atoms with Gasteiger partial charge in [0, 0.05) is 30.3 Å². The van der Waals surface area contributed by atoms with Crippen molar-refractivity contribution in [3.8, 4) is 0 Å². The lowest BCUT2D eigenvalue weighted by Crippen LogP contribution is -2.41. The van der Waals surface area contributed by atoms with E-state index in [0.29, 0.717) is 43.6 Å². The van der Waals surface area contributed by atoms with Crippen molar-refractivity contribution in [2.75, 3.05) is 18.4 Å². The third-order valence-electron chi connectivity index (χ3n) is 5.36. The van der Waals surface area contributed by atoms with Crippen LogP contribution < -0.4 is 5.32 Å². The minimum absolute atomic E-state index is 0.00985. The van der Waals surface area contributed by atoms with Crippen molar-refractivity contribution in [2.45, 2.75) is 26.2 Å². The molecule has 1 heterocycles. The smallest absolute Gasteiger partial charge is 0.306 e. The highest BCUT2D eigenvalue weighted by molar-refractivity contribution is 5.95. The van der Waals surface area contributed by atoms with Crippen LogP contribution in [0.1, 0.15) is 35.7 Å². The molecule has 0 saturated carbocycles. The van der Waals surface area contributed by atoms with Gasteiger partial charge in [-0.25, -0.2) is 0 Å². The summed E-state index contributed by atoms with van der Waals surface area (Å²) >= 11 is 0. The zero-order valence-corrected chi connectivity index (χ0v) is 16.5. The van der Waals surface area contributed by atoms with Crippen LogP contribution in [0.3, 0.4) is 0 Å². The zero-order valence-electron chi connectivity index (χ0n) is 16.5. The first-order valence-corrected chi connectivity index (χ1v) is 9.91. The average molecular weight is 394 g/mol. The van der Waals surface area contributed by atoms with Gasteiger partial charge in [-0.05, 0) is 49.1 Å². The SMILES string of the molecule is CC(Cc1ccc(NC(=O)C2CCN(C(=O)c3ccccc3)CC2)cc1)C(=O)O. The summed E-state index contributed by atoms with van der Waals surface area (Å²) in [5.41, 5.74) is 2.29. The molecule has 29 heavy (non-hydrogen) atoms. The maximum absolute atomic E-state index is 12.6. The van der Waals surface area contributed by atoms with Crippen molar-refractivity contribution < 1.29 is 19.5 Å². The summed E-state index contributed by atoms with van der Waals surface area (Å²) in [6.45, 7) is 2.81. The Balaban J connectivity index is 1.49. The Bertz CT molecular complexity index is 856. The number of rotatable bonds is 6. The maximum atomic E-state index is 12.6. The van der Waals surface area contributed by atoms with Gasteiger partial charge in [0.1, 0.15) is 0 Å². The van der Waals surface area contributed by atoms with Crippen molar-refractivity contribution in [3.05, 3.63) is 65.7 Å². The number of amides is 2. The monoisotopic (exact) mass is 394 g/mol. The lowest BCUT2D eigenvalue weighted by molar-refractivity contribution is -0.141. The van der Waals surface area contributed by atoms with Gasteiger partial charge < -0.3 is 15.3 Å². The molecule has 3 rings (SSSR count). The largest absolute Gasteiger partial charge is 0.481 e. The summed E-state index contributed by atoms with van der Waals surface area (Å²) in [5, 5.41) is 11.9. The van der Waals surface area contributed by atoms with Gasteiger partial charge in [0.25, 0.3) is 5.91 Å². The van der Waals surface area contributed by atoms with Gasteiger partial charge in [-0.1, -0.05) is 37.3 Å². The van der Waals surface area contributed by atoms with Gasteiger partial charge in [0.05, 0.1) is 5.92 Å². The van der Waals surface area contributed by atoms with Crippen LogP contribution in [-0.2, 0) is 16.0 Å². The molecule has 0 aromatic heterocycles. The van der Waals surface area contributed by atoms with E-state index in [1.54, 1.807) is 24.0 Å². The summed E-state index contributed by atoms with van der Waals surface area (Å²) < 4.78 is 0. The minimum atomic E-state index is -0.820. The highest BCUT2D eigenvalue weighted by Gasteiger charge is 2.27. The Kier molecular flexibility index (Phi) is 6.65. The molecule has 0 spiro atoms. The Hall–Kier alpha value is -3.15. The highest BCUT2D eigenvalue weighted by Crippen LogP contribution is 2.21. The Morgan fingerprint density at radius 2 is 1.66 bits per heavy atom.